The SMILES string of the molecule is COCC(NC(=O)c1cc(C=O)on1)C(=O)NC(Cc1ccccc1)C(=O)NC(CC(C)C)C(=O)C(C)(C)CO. The van der Waals surface area contributed by atoms with Crippen LogP contribution in [-0.4, -0.2) is 78.5 Å². The summed E-state index contributed by atoms with van der Waals surface area (Å²) in [5.74, 6) is -2.52. The molecule has 0 fully saturated rings. The quantitative estimate of drug-likeness (QED) is 0.220. The second-order valence-corrected chi connectivity index (χ2v) is 10.6. The van der Waals surface area contributed by atoms with Crippen LogP contribution in [0.2, 0.25) is 0 Å². The number of Topliss-reactive ketones (excluding diaryl/α,β-unsaturated/α-hetero) is 1. The Morgan fingerprint density at radius 3 is 2.20 bits per heavy atom. The molecule has 3 unspecified atom stereocenters. The van der Waals surface area contributed by atoms with Crippen LogP contribution in [0.5, 0.6) is 0 Å². The van der Waals surface area contributed by atoms with E-state index in [0.29, 0.717) is 12.7 Å². The molecular weight excluding hydrogens is 520 g/mol. The Hall–Kier alpha value is -3.90. The van der Waals surface area contributed by atoms with Crippen molar-refractivity contribution in [3.05, 3.63) is 53.4 Å². The van der Waals surface area contributed by atoms with Crippen molar-refractivity contribution in [3.63, 3.8) is 0 Å². The number of hydrogen-bond acceptors (Lipinski definition) is 9. The van der Waals surface area contributed by atoms with Crippen molar-refractivity contribution in [2.24, 2.45) is 11.3 Å². The second-order valence-electron chi connectivity index (χ2n) is 10.6. The van der Waals surface area contributed by atoms with Gasteiger partial charge in [0.25, 0.3) is 5.91 Å². The van der Waals surface area contributed by atoms with Crippen molar-refractivity contribution in [2.75, 3.05) is 20.3 Å². The molecule has 12 heteroatoms. The van der Waals surface area contributed by atoms with Crippen molar-refractivity contribution in [1.29, 1.82) is 0 Å². The summed E-state index contributed by atoms with van der Waals surface area (Å²) < 4.78 is 9.80. The number of ketones is 1. The highest BCUT2D eigenvalue weighted by molar-refractivity contribution is 5.98. The molecule has 0 aliphatic heterocycles. The molecule has 0 aliphatic carbocycles. The van der Waals surface area contributed by atoms with Gasteiger partial charge in [0.15, 0.2) is 23.5 Å². The normalized spacial score (nSPS) is 13.7. The van der Waals surface area contributed by atoms with Crippen LogP contribution < -0.4 is 16.0 Å². The number of rotatable bonds is 16. The van der Waals surface area contributed by atoms with Crippen molar-refractivity contribution in [1.82, 2.24) is 21.1 Å². The Balaban J connectivity index is 2.28. The highest BCUT2D eigenvalue weighted by Gasteiger charge is 2.36. The van der Waals surface area contributed by atoms with E-state index in [1.807, 2.05) is 19.9 Å². The van der Waals surface area contributed by atoms with Crippen molar-refractivity contribution >= 4 is 29.8 Å². The van der Waals surface area contributed by atoms with Gasteiger partial charge in [0, 0.05) is 25.0 Å². The number of aliphatic hydroxyl groups excluding tert-OH is 1. The summed E-state index contributed by atoms with van der Waals surface area (Å²) in [5.41, 5.74) is -0.540. The molecule has 0 aliphatic rings. The predicted octanol–water partition coefficient (Wildman–Crippen LogP) is 1.08. The molecule has 2 rings (SSSR count). The summed E-state index contributed by atoms with van der Waals surface area (Å²) in [6.45, 7) is 6.40. The van der Waals surface area contributed by atoms with E-state index in [0.717, 1.165) is 11.6 Å². The molecule has 3 amide bonds. The van der Waals surface area contributed by atoms with Crippen LogP contribution in [0.15, 0.2) is 40.9 Å². The molecule has 3 atom stereocenters. The number of methoxy groups -OCH3 is 1. The van der Waals surface area contributed by atoms with Crippen LogP contribution in [-0.2, 0) is 25.5 Å². The molecule has 1 aromatic heterocycles. The Morgan fingerprint density at radius 1 is 1.02 bits per heavy atom. The standard InChI is InChI=1S/C28H38N4O8/c1-17(2)11-20(24(35)28(3,4)16-34)29-25(36)21(12-18-9-7-6-8-10-18)30-27(38)23(15-39-5)31-26(37)22-13-19(14-33)40-32-22/h6-10,13-14,17,20-21,23,34H,11-12,15-16H2,1-5H3,(H,29,36)(H,30,38)(H,31,37). The summed E-state index contributed by atoms with van der Waals surface area (Å²) in [6.07, 6.45) is 0.821. The van der Waals surface area contributed by atoms with Crippen LogP contribution >= 0.6 is 0 Å². The third kappa shape index (κ3) is 9.38. The first-order chi connectivity index (χ1) is 18.9. The molecule has 0 saturated heterocycles. The van der Waals surface area contributed by atoms with Gasteiger partial charge in [-0.25, -0.2) is 0 Å². The lowest BCUT2D eigenvalue weighted by atomic mass is 9.82. The summed E-state index contributed by atoms with van der Waals surface area (Å²) >= 11 is 0. The van der Waals surface area contributed by atoms with Crippen LogP contribution in [0, 0.1) is 11.3 Å². The third-order valence-corrected chi connectivity index (χ3v) is 6.15. The number of carbonyl (C=O) groups excluding carboxylic acids is 5. The van der Waals surface area contributed by atoms with Crippen molar-refractivity contribution < 1.29 is 38.3 Å². The van der Waals surface area contributed by atoms with E-state index >= 15 is 0 Å². The summed E-state index contributed by atoms with van der Waals surface area (Å²) in [5, 5.41) is 21.1. The minimum Gasteiger partial charge on any atom is -0.395 e. The second kappa shape index (κ2) is 15.0. The maximum Gasteiger partial charge on any atom is 0.274 e. The molecule has 12 nitrogen and oxygen atoms in total. The van der Waals surface area contributed by atoms with Gasteiger partial charge in [0.2, 0.25) is 11.8 Å². The molecule has 0 saturated carbocycles. The minimum absolute atomic E-state index is 0.0588. The lowest BCUT2D eigenvalue weighted by molar-refractivity contribution is -0.136. The van der Waals surface area contributed by atoms with Gasteiger partial charge in [-0.3, -0.25) is 24.0 Å². The number of hydrogen-bond donors (Lipinski definition) is 4. The number of nitrogens with zero attached hydrogens (tertiary/aromatic N) is 1. The van der Waals surface area contributed by atoms with Gasteiger partial charge in [-0.1, -0.05) is 63.2 Å². The van der Waals surface area contributed by atoms with Crippen molar-refractivity contribution in [2.45, 2.75) is 58.7 Å². The highest BCUT2D eigenvalue weighted by Crippen LogP contribution is 2.21. The third-order valence-electron chi connectivity index (χ3n) is 6.15. The number of aliphatic hydroxyl groups is 1. The summed E-state index contributed by atoms with van der Waals surface area (Å²) in [4.78, 5) is 63.4. The van der Waals surface area contributed by atoms with E-state index in [-0.39, 0.29) is 36.2 Å². The number of nitrogens with one attached hydrogen (secondary N) is 3. The summed E-state index contributed by atoms with van der Waals surface area (Å²) in [7, 11) is 1.34. The first-order valence-corrected chi connectivity index (χ1v) is 12.9. The molecule has 1 heterocycles. The summed E-state index contributed by atoms with van der Waals surface area (Å²) in [6, 6.07) is 6.88. The molecule has 0 bridgehead atoms. The van der Waals surface area contributed by atoms with Crippen LogP contribution in [0.4, 0.5) is 0 Å². The van der Waals surface area contributed by atoms with Gasteiger partial charge in [-0.05, 0) is 17.9 Å². The maximum absolute atomic E-state index is 13.5. The van der Waals surface area contributed by atoms with Gasteiger partial charge in [-0.2, -0.15) is 0 Å². The Morgan fingerprint density at radius 2 is 1.65 bits per heavy atom. The van der Waals surface area contributed by atoms with Gasteiger partial charge >= 0.3 is 0 Å². The minimum atomic E-state index is -1.22. The van der Waals surface area contributed by atoms with E-state index in [4.69, 9.17) is 9.26 Å². The molecule has 218 valence electrons. The molecule has 2 aromatic rings. The van der Waals surface area contributed by atoms with Gasteiger partial charge < -0.3 is 30.3 Å². The first kappa shape index (κ1) is 32.3. The average molecular weight is 559 g/mol. The molecule has 40 heavy (non-hydrogen) atoms. The van der Waals surface area contributed by atoms with Gasteiger partial charge in [0.05, 0.1) is 19.3 Å². The number of aromatic nitrogens is 1. The Labute approximate surface area is 233 Å². The van der Waals surface area contributed by atoms with E-state index < -0.39 is 47.9 Å². The zero-order valence-corrected chi connectivity index (χ0v) is 23.4. The average Bonchev–Trinajstić information content (AvgIpc) is 3.41. The first-order valence-electron chi connectivity index (χ1n) is 12.9. The number of benzene rings is 1. The fourth-order valence-electron chi connectivity index (χ4n) is 3.89. The van der Waals surface area contributed by atoms with E-state index in [1.54, 1.807) is 38.1 Å². The predicted molar refractivity (Wildman–Crippen MR) is 144 cm³/mol. The smallest absolute Gasteiger partial charge is 0.274 e. The fourth-order valence-corrected chi connectivity index (χ4v) is 3.89. The largest absolute Gasteiger partial charge is 0.395 e. The maximum atomic E-state index is 13.5. The van der Waals surface area contributed by atoms with Gasteiger partial charge in [-0.15, -0.1) is 0 Å². The molecule has 0 spiro atoms. The van der Waals surface area contributed by atoms with E-state index in [2.05, 4.69) is 21.1 Å². The number of carbonyl (C=O) groups is 5. The van der Waals surface area contributed by atoms with Gasteiger partial charge in [0.1, 0.15) is 12.1 Å². The monoisotopic (exact) mass is 558 g/mol. The van der Waals surface area contributed by atoms with Crippen LogP contribution in [0.3, 0.4) is 0 Å². The topological polar surface area (TPSA) is 177 Å². The highest BCUT2D eigenvalue weighted by atomic mass is 16.5. The Kier molecular flexibility index (Phi) is 12.1. The number of ether oxygens (including phenoxy) is 1. The van der Waals surface area contributed by atoms with Crippen molar-refractivity contribution in [3.8, 4) is 0 Å². The molecule has 0 radical (unpaired) electrons. The molecule has 4 N–H and O–H groups in total. The van der Waals surface area contributed by atoms with Crippen LogP contribution in [0.1, 0.15) is 60.7 Å². The zero-order chi connectivity index (χ0) is 29.9. The fraction of sp³-hybridized carbons (Fsp3) is 0.500. The number of aldehydes is 1. The van der Waals surface area contributed by atoms with Crippen LogP contribution in [0.25, 0.3) is 0 Å². The lowest BCUT2D eigenvalue weighted by Crippen LogP contribution is -2.58. The van der Waals surface area contributed by atoms with E-state index in [1.165, 1.54) is 7.11 Å². The van der Waals surface area contributed by atoms with E-state index in [9.17, 15) is 29.1 Å². The number of amides is 3. The lowest BCUT2D eigenvalue weighted by Gasteiger charge is -2.30. The molecular formula is C28H38N4O8. The molecule has 1 aromatic carbocycles. The Bertz CT molecular complexity index is 1160. The zero-order valence-electron chi connectivity index (χ0n) is 23.4.